The summed E-state index contributed by atoms with van der Waals surface area (Å²) in [5.74, 6) is -1.05. The van der Waals surface area contributed by atoms with Crippen LogP contribution in [0.5, 0.6) is 5.75 Å². The third-order valence-electron chi connectivity index (χ3n) is 3.10. The van der Waals surface area contributed by atoms with Crippen LogP contribution < -0.4 is 9.04 Å². The first kappa shape index (κ1) is 15.6. The third-order valence-corrected chi connectivity index (χ3v) is 4.92. The normalized spacial score (nSPS) is 18.0. The molecule has 0 spiro atoms. The molecule has 0 fully saturated rings. The summed E-state index contributed by atoms with van der Waals surface area (Å²) in [5, 5.41) is 9.09. The fourth-order valence-corrected chi connectivity index (χ4v) is 3.61. The van der Waals surface area contributed by atoms with Crippen LogP contribution in [0.25, 0.3) is 0 Å². The fourth-order valence-electron chi connectivity index (χ4n) is 2.09. The van der Waals surface area contributed by atoms with Gasteiger partial charge in [0.05, 0.1) is 18.0 Å². The molecule has 1 heterocycles. The van der Waals surface area contributed by atoms with E-state index in [-0.39, 0.29) is 18.0 Å². The van der Waals surface area contributed by atoms with Crippen molar-refractivity contribution in [3.8, 4) is 5.75 Å². The minimum atomic E-state index is -3.63. The summed E-state index contributed by atoms with van der Waals surface area (Å²) in [6.07, 6.45) is -0.868. The minimum Gasteiger partial charge on any atom is -0.478 e. The molecule has 1 aliphatic rings. The molecule has 0 aromatic heterocycles. The lowest BCUT2D eigenvalue weighted by atomic mass is 10.2. The second kappa shape index (κ2) is 6.31. The maximum absolute atomic E-state index is 12.4. The van der Waals surface area contributed by atoms with Gasteiger partial charge >= 0.3 is 5.97 Å². The average Bonchev–Trinajstić information content (AvgIpc) is 2.46. The highest BCUT2D eigenvalue weighted by atomic mass is 32.2. The second-order valence-corrected chi connectivity index (χ2v) is 6.62. The van der Waals surface area contributed by atoms with E-state index in [1.54, 1.807) is 24.3 Å². The number of hydrogen-bond donors (Lipinski definition) is 1. The lowest BCUT2D eigenvalue weighted by Crippen LogP contribution is -2.47. The maximum atomic E-state index is 12.4. The molecular weight excluding hydrogens is 298 g/mol. The van der Waals surface area contributed by atoms with E-state index in [0.717, 1.165) is 4.31 Å². The molecule has 1 aromatic carbocycles. The van der Waals surface area contributed by atoms with Crippen molar-refractivity contribution in [1.82, 2.24) is 0 Å². The number of carboxylic acids is 1. The summed E-state index contributed by atoms with van der Waals surface area (Å²) in [6.45, 7) is 0.0925. The number of carbonyl (C=O) groups is 1. The summed E-state index contributed by atoms with van der Waals surface area (Å²) < 4.78 is 36.1. The van der Waals surface area contributed by atoms with Crippen LogP contribution in [0.4, 0.5) is 5.69 Å². The summed E-state index contributed by atoms with van der Waals surface area (Å²) in [4.78, 5) is 11.1. The molecule has 1 aromatic rings. The van der Waals surface area contributed by atoms with Gasteiger partial charge < -0.3 is 14.6 Å². The Hall–Kier alpha value is -1.80. The van der Waals surface area contributed by atoms with Gasteiger partial charge in [0.1, 0.15) is 5.75 Å². The Kier molecular flexibility index (Phi) is 4.69. The lowest BCUT2D eigenvalue weighted by Gasteiger charge is -2.33. The van der Waals surface area contributed by atoms with E-state index in [1.165, 1.54) is 7.11 Å². The van der Waals surface area contributed by atoms with Gasteiger partial charge in [0.2, 0.25) is 16.1 Å². The van der Waals surface area contributed by atoms with Crippen LogP contribution in [0, 0.1) is 0 Å². The molecule has 1 unspecified atom stereocenters. The molecule has 0 saturated heterocycles. The van der Waals surface area contributed by atoms with Crippen LogP contribution in [0.1, 0.15) is 6.42 Å². The van der Waals surface area contributed by atoms with Gasteiger partial charge in [-0.15, -0.1) is 0 Å². The van der Waals surface area contributed by atoms with E-state index in [9.17, 15) is 13.2 Å². The van der Waals surface area contributed by atoms with Crippen molar-refractivity contribution in [1.29, 1.82) is 0 Å². The number of aliphatic carboxylic acids is 1. The highest BCUT2D eigenvalue weighted by Gasteiger charge is 2.36. The topological polar surface area (TPSA) is 93.1 Å². The zero-order valence-corrected chi connectivity index (χ0v) is 12.4. The van der Waals surface area contributed by atoms with Crippen molar-refractivity contribution in [2.45, 2.75) is 12.5 Å². The number of methoxy groups -OCH3 is 1. The molecule has 2 rings (SSSR count). The molecular formula is C13H17NO6S. The van der Waals surface area contributed by atoms with Crippen molar-refractivity contribution in [2.75, 3.05) is 30.3 Å². The maximum Gasteiger partial charge on any atom is 0.346 e. The average molecular weight is 315 g/mol. The molecule has 0 amide bonds. The molecule has 0 saturated carbocycles. The van der Waals surface area contributed by atoms with Crippen LogP contribution in [0.3, 0.4) is 0 Å². The van der Waals surface area contributed by atoms with Gasteiger partial charge in [-0.3, -0.25) is 4.31 Å². The van der Waals surface area contributed by atoms with E-state index < -0.39 is 22.1 Å². The zero-order chi connectivity index (χ0) is 15.5. The number of hydrogen-bond acceptors (Lipinski definition) is 5. The smallest absolute Gasteiger partial charge is 0.346 e. The third kappa shape index (κ3) is 3.45. The highest BCUT2D eigenvalue weighted by molar-refractivity contribution is 7.92. The predicted octanol–water partition coefficient (Wildman–Crippen LogP) is 0.705. The molecule has 116 valence electrons. The lowest BCUT2D eigenvalue weighted by molar-refractivity contribution is -0.144. The largest absolute Gasteiger partial charge is 0.478 e. The van der Waals surface area contributed by atoms with E-state index >= 15 is 0 Å². The molecule has 0 bridgehead atoms. The van der Waals surface area contributed by atoms with Gasteiger partial charge in [0.25, 0.3) is 0 Å². The summed E-state index contributed by atoms with van der Waals surface area (Å²) >= 11 is 0. The minimum absolute atomic E-state index is 0.110. The number of ether oxygens (including phenoxy) is 2. The van der Waals surface area contributed by atoms with Crippen molar-refractivity contribution >= 4 is 21.7 Å². The van der Waals surface area contributed by atoms with Crippen molar-refractivity contribution < 1.29 is 27.8 Å². The van der Waals surface area contributed by atoms with Crippen LogP contribution >= 0.6 is 0 Å². The second-order valence-electron chi connectivity index (χ2n) is 4.61. The van der Waals surface area contributed by atoms with Crippen molar-refractivity contribution in [3.05, 3.63) is 24.3 Å². The Labute approximate surface area is 123 Å². The first-order chi connectivity index (χ1) is 9.95. The van der Waals surface area contributed by atoms with Crippen LogP contribution in [-0.4, -0.2) is 51.6 Å². The molecule has 0 aliphatic carbocycles. The number of sulfonamides is 1. The molecule has 21 heavy (non-hydrogen) atoms. The van der Waals surface area contributed by atoms with Gasteiger partial charge in [-0.1, -0.05) is 12.1 Å². The van der Waals surface area contributed by atoms with E-state index in [0.29, 0.717) is 18.7 Å². The standard InChI is InChI=1S/C13H17NO6S/c1-19-7-4-8-21(17,18)14-9-12(13(15)16)20-11-6-3-2-5-10(11)14/h2-3,5-6,12H,4,7-9H2,1H3,(H,15,16). The Morgan fingerprint density at radius 3 is 2.86 bits per heavy atom. The molecule has 1 N–H and O–H groups in total. The predicted molar refractivity (Wildman–Crippen MR) is 76.1 cm³/mol. The zero-order valence-electron chi connectivity index (χ0n) is 11.6. The fraction of sp³-hybridized carbons (Fsp3) is 0.462. The SMILES string of the molecule is COCCCS(=O)(=O)N1CC(C(=O)O)Oc2ccccc21. The molecule has 7 nitrogen and oxygen atoms in total. The van der Waals surface area contributed by atoms with E-state index in [2.05, 4.69) is 0 Å². The van der Waals surface area contributed by atoms with Crippen molar-refractivity contribution in [3.63, 3.8) is 0 Å². The molecule has 1 aliphatic heterocycles. The first-order valence-electron chi connectivity index (χ1n) is 6.43. The Morgan fingerprint density at radius 2 is 2.19 bits per heavy atom. The van der Waals surface area contributed by atoms with Gasteiger partial charge in [0.15, 0.2) is 0 Å². The summed E-state index contributed by atoms with van der Waals surface area (Å²) in [7, 11) is -2.13. The number of carboxylic acid groups (broad SMARTS) is 1. The first-order valence-corrected chi connectivity index (χ1v) is 8.04. The Morgan fingerprint density at radius 1 is 1.48 bits per heavy atom. The quantitative estimate of drug-likeness (QED) is 0.777. The molecule has 0 radical (unpaired) electrons. The monoisotopic (exact) mass is 315 g/mol. The number of fused-ring (bicyclic) bond motifs is 1. The number of rotatable bonds is 6. The van der Waals surface area contributed by atoms with Crippen LogP contribution in [0.2, 0.25) is 0 Å². The van der Waals surface area contributed by atoms with Gasteiger partial charge in [-0.25, -0.2) is 13.2 Å². The number of benzene rings is 1. The summed E-state index contributed by atoms with van der Waals surface area (Å²) in [6, 6.07) is 6.50. The number of anilines is 1. The number of nitrogens with zero attached hydrogens (tertiary/aromatic N) is 1. The Balaban J connectivity index is 2.30. The van der Waals surface area contributed by atoms with Crippen LogP contribution in [-0.2, 0) is 19.6 Å². The van der Waals surface area contributed by atoms with Gasteiger partial charge in [0, 0.05) is 13.7 Å². The van der Waals surface area contributed by atoms with Gasteiger partial charge in [-0.2, -0.15) is 0 Å². The highest BCUT2D eigenvalue weighted by Crippen LogP contribution is 2.35. The Bertz CT molecular complexity index is 615. The number of para-hydroxylation sites is 2. The van der Waals surface area contributed by atoms with Crippen molar-refractivity contribution in [2.24, 2.45) is 0 Å². The van der Waals surface area contributed by atoms with E-state index in [1.807, 2.05) is 0 Å². The van der Waals surface area contributed by atoms with E-state index in [4.69, 9.17) is 14.6 Å². The van der Waals surface area contributed by atoms with Gasteiger partial charge in [-0.05, 0) is 18.6 Å². The molecule has 1 atom stereocenters. The summed E-state index contributed by atoms with van der Waals surface area (Å²) in [5.41, 5.74) is 0.368. The van der Waals surface area contributed by atoms with Crippen LogP contribution in [0.15, 0.2) is 24.3 Å². The molecule has 8 heteroatoms.